The van der Waals surface area contributed by atoms with Crippen molar-refractivity contribution in [2.24, 2.45) is 0 Å². The summed E-state index contributed by atoms with van der Waals surface area (Å²) < 4.78 is 125. The minimum atomic E-state index is -10.7. The summed E-state index contributed by atoms with van der Waals surface area (Å²) in [4.78, 5) is 18.4. The van der Waals surface area contributed by atoms with Gasteiger partial charge in [0, 0.05) is 57.9 Å². The molecule has 0 atom stereocenters. The van der Waals surface area contributed by atoms with Crippen LogP contribution in [0.1, 0.15) is 29.2 Å². The van der Waals surface area contributed by atoms with E-state index >= 15 is 0 Å². The van der Waals surface area contributed by atoms with Crippen LogP contribution in [0.25, 0.3) is 5.69 Å². The predicted molar refractivity (Wildman–Crippen MR) is 181 cm³/mol. The molecule has 0 fully saturated rings. The molecule has 0 aliphatic carbocycles. The third-order valence-electron chi connectivity index (χ3n) is 6.55. The van der Waals surface area contributed by atoms with Gasteiger partial charge in [-0.05, 0) is 67.1 Å². The maximum atomic E-state index is 9.87. The van der Waals surface area contributed by atoms with Gasteiger partial charge >= 0.3 is 83.0 Å². The Hall–Kier alpha value is -3.93. The third-order valence-corrected chi connectivity index (χ3v) is 6.55. The van der Waals surface area contributed by atoms with Gasteiger partial charge in [0.05, 0.1) is 41.8 Å². The van der Waals surface area contributed by atoms with Gasteiger partial charge in [0.1, 0.15) is 5.75 Å². The van der Waals surface area contributed by atoms with Crippen molar-refractivity contribution in [2.45, 2.75) is 32.6 Å². The topological polar surface area (TPSA) is 85.1 Å². The first-order chi connectivity index (χ1) is 24.6. The number of methoxy groups -OCH3 is 1. The van der Waals surface area contributed by atoms with E-state index in [2.05, 4.69) is 53.3 Å². The summed E-state index contributed by atoms with van der Waals surface area (Å²) in [5.74, 6) is 0.811. The van der Waals surface area contributed by atoms with Crippen LogP contribution in [-0.4, -0.2) is 59.9 Å². The van der Waals surface area contributed by atoms with Crippen molar-refractivity contribution >= 4 is 15.6 Å². The monoisotopic (exact) mass is 880 g/mol. The third kappa shape index (κ3) is 25.7. The number of nitrogens with zero attached hydrogens (tertiary/aromatic N) is 8. The quantitative estimate of drug-likeness (QED) is 0.0619. The summed E-state index contributed by atoms with van der Waals surface area (Å²) in [5.41, 5.74) is 4.99. The molecule has 5 rings (SSSR count). The zero-order chi connectivity index (χ0) is 40.2. The molecule has 0 amide bonds. The van der Waals surface area contributed by atoms with Gasteiger partial charge in [-0.1, -0.05) is 23.4 Å². The van der Waals surface area contributed by atoms with E-state index in [0.29, 0.717) is 6.54 Å². The van der Waals surface area contributed by atoms with E-state index in [1.165, 1.54) is 0 Å². The van der Waals surface area contributed by atoms with Crippen molar-refractivity contribution in [1.82, 2.24) is 39.7 Å². The van der Waals surface area contributed by atoms with Crippen molar-refractivity contribution in [1.29, 1.82) is 0 Å². The number of hydrogen-bond donors (Lipinski definition) is 0. The minimum absolute atomic E-state index is 0. The normalized spacial score (nSPS) is 14.1. The summed E-state index contributed by atoms with van der Waals surface area (Å²) in [6.45, 7) is 4.74. The van der Waals surface area contributed by atoms with Crippen LogP contribution in [0.4, 0.5) is 50.4 Å². The zero-order valence-electron chi connectivity index (χ0n) is 28.5. The van der Waals surface area contributed by atoms with E-state index in [1.807, 2.05) is 85.5 Å². The maximum Gasteiger partial charge on any atom is 4.00 e. The second-order valence-electron chi connectivity index (χ2n) is 11.5. The fourth-order valence-electron chi connectivity index (χ4n) is 4.57. The fraction of sp³-hybridized carbons (Fsp3) is 0.258. The van der Waals surface area contributed by atoms with Gasteiger partial charge in [-0.3, -0.25) is 24.8 Å². The van der Waals surface area contributed by atoms with Gasteiger partial charge < -0.3 is 4.74 Å². The Morgan fingerprint density at radius 2 is 0.909 bits per heavy atom. The van der Waals surface area contributed by atoms with Gasteiger partial charge in [-0.15, -0.1) is 5.10 Å². The molecule has 24 heteroatoms. The van der Waals surface area contributed by atoms with Gasteiger partial charge in [0.15, 0.2) is 0 Å². The van der Waals surface area contributed by atoms with Gasteiger partial charge in [0.2, 0.25) is 0 Å². The molecular formula is C31H34F12FeN8OP2+2. The molecule has 0 saturated heterocycles. The Balaban J connectivity index is 0.000000594. The van der Waals surface area contributed by atoms with E-state index in [9.17, 15) is 50.4 Å². The molecule has 5 aromatic rings. The van der Waals surface area contributed by atoms with Crippen molar-refractivity contribution in [3.05, 3.63) is 126 Å². The molecule has 0 N–H and O–H groups in total. The minimum Gasteiger partial charge on any atom is 4.00 e. The number of hydrogen-bond acceptors (Lipinski definition) is 8. The Morgan fingerprint density at radius 1 is 0.545 bits per heavy atom. The van der Waals surface area contributed by atoms with Crippen LogP contribution in [0.3, 0.4) is 0 Å². The van der Waals surface area contributed by atoms with Crippen molar-refractivity contribution in [3.63, 3.8) is 0 Å². The Bertz CT molecular complexity index is 1790. The van der Waals surface area contributed by atoms with Crippen molar-refractivity contribution in [2.75, 3.05) is 20.2 Å². The van der Waals surface area contributed by atoms with Crippen LogP contribution >= 0.6 is 15.6 Å². The van der Waals surface area contributed by atoms with E-state index in [-0.39, 0.29) is 17.1 Å². The molecule has 0 radical (unpaired) electrons. The van der Waals surface area contributed by atoms with Gasteiger partial charge in [-0.2, -0.15) is 0 Å². The van der Waals surface area contributed by atoms with E-state index in [1.54, 1.807) is 11.8 Å². The van der Waals surface area contributed by atoms with E-state index in [0.717, 1.165) is 73.4 Å². The van der Waals surface area contributed by atoms with E-state index in [4.69, 9.17) is 4.74 Å². The van der Waals surface area contributed by atoms with Crippen LogP contribution in [0, 0.1) is 0 Å². The Kier molecular flexibility index (Phi) is 15.0. The molecule has 4 aromatic heterocycles. The van der Waals surface area contributed by atoms with Crippen LogP contribution < -0.4 is 4.74 Å². The van der Waals surface area contributed by atoms with Gasteiger partial charge in [-0.25, -0.2) is 4.68 Å². The molecule has 9 nitrogen and oxygen atoms in total. The Labute approximate surface area is 317 Å². The molecule has 4 heterocycles. The largest absolute Gasteiger partial charge is 4.00 e. The summed E-state index contributed by atoms with van der Waals surface area (Å²) >= 11 is 0. The standard InChI is InChI=1S/C31H34N8O.2F6P.Fe/c1-40-31-14-12-30(13-15-31)39-25-29(35-36-39)24-38(23-28-11-4-7-18-34-28)20-8-19-37(21-26-9-2-5-16-32-26)22-27-10-3-6-17-33-27;2*1-7(2,3,4,5)6;/h2-7,9-18,25H,8,19-24H2,1H3;;;/q;2*-1;+4. The van der Waals surface area contributed by atoms with Crippen LogP contribution in [0.5, 0.6) is 5.75 Å². The molecule has 0 aliphatic rings. The number of halogens is 12. The Morgan fingerprint density at radius 3 is 1.24 bits per heavy atom. The second-order valence-corrected chi connectivity index (χ2v) is 15.3. The first kappa shape index (κ1) is 47.2. The summed E-state index contributed by atoms with van der Waals surface area (Å²) in [7, 11) is -19.7. The summed E-state index contributed by atoms with van der Waals surface area (Å²) in [5, 5.41) is 8.83. The number of ether oxygens (including phenoxy) is 1. The smallest absolute Gasteiger partial charge is 4.00 e. The zero-order valence-corrected chi connectivity index (χ0v) is 31.4. The molecule has 0 saturated carbocycles. The molecular weight excluding hydrogens is 846 g/mol. The molecule has 0 spiro atoms. The predicted octanol–water partition coefficient (Wildman–Crippen LogP) is 11.3. The van der Waals surface area contributed by atoms with Crippen LogP contribution in [-0.2, 0) is 43.2 Å². The van der Waals surface area contributed by atoms with Crippen molar-refractivity contribution in [3.8, 4) is 11.4 Å². The first-order valence-corrected chi connectivity index (χ1v) is 19.5. The van der Waals surface area contributed by atoms with Crippen molar-refractivity contribution < 1.29 is 72.2 Å². The van der Waals surface area contributed by atoms with E-state index < -0.39 is 15.6 Å². The average Bonchev–Trinajstić information content (AvgIpc) is 3.52. The number of pyridine rings is 3. The molecule has 0 unspecified atom stereocenters. The molecule has 0 bridgehead atoms. The average molecular weight is 880 g/mol. The summed E-state index contributed by atoms with van der Waals surface area (Å²) in [6, 6.07) is 26.0. The van der Waals surface area contributed by atoms with Crippen LogP contribution in [0.2, 0.25) is 0 Å². The molecule has 55 heavy (non-hydrogen) atoms. The SMILES string of the molecule is COc1ccc(-n2cc(CN(CCCN(Cc3ccccn3)Cc3ccccn3)Cc3ccccn3)nn2)cc1.F[P-](F)(F)(F)(F)F.F[P-](F)(F)(F)(F)F.[Fe+4]. The maximum absolute atomic E-state index is 10.7. The first-order valence-electron chi connectivity index (χ1n) is 15.5. The number of rotatable bonds is 14. The number of benzene rings is 1. The molecule has 0 aliphatic heterocycles. The molecule has 1 aromatic carbocycles. The fourth-order valence-corrected chi connectivity index (χ4v) is 4.57. The summed E-state index contributed by atoms with van der Waals surface area (Å²) in [6.07, 6.45) is 8.50. The second kappa shape index (κ2) is 17.5. The molecule has 304 valence electrons. The van der Waals surface area contributed by atoms with Crippen LogP contribution in [0.15, 0.2) is 104 Å². The number of aromatic nitrogens is 6. The van der Waals surface area contributed by atoms with Gasteiger partial charge in [0.25, 0.3) is 0 Å².